The minimum absolute atomic E-state index is 0.396. The maximum Gasteiger partial charge on any atom is 0.524 e. The van der Waals surface area contributed by atoms with Gasteiger partial charge in [0.25, 0.3) is 0 Å². The van der Waals surface area contributed by atoms with Gasteiger partial charge in [0.15, 0.2) is 0 Å². The molecule has 0 aromatic carbocycles. The highest BCUT2D eigenvalue weighted by Crippen LogP contribution is 2.32. The molecule has 14 nitrogen and oxygen atoms in total. The van der Waals surface area contributed by atoms with Gasteiger partial charge in [0, 0.05) is 0 Å². The first-order valence-electron chi connectivity index (χ1n) is 14.9. The molecule has 0 saturated carbocycles. The lowest BCUT2D eigenvalue weighted by Crippen LogP contribution is -2.34. The lowest BCUT2D eigenvalue weighted by molar-refractivity contribution is -0.0588. The average Bonchev–Trinajstić information content (AvgIpc) is 2.96. The van der Waals surface area contributed by atoms with Crippen molar-refractivity contribution in [1.29, 1.82) is 0 Å². The minimum Gasteiger partial charge on any atom is -0.393 e. The quantitative estimate of drug-likeness (QED) is 0.0981. The Bertz CT molecular complexity index is 1400. The van der Waals surface area contributed by atoms with Gasteiger partial charge in [0.2, 0.25) is 0 Å². The molecular formula is C24H48F14N2O12S4. The number of rotatable bonds is 12. The molecule has 0 amide bonds. The van der Waals surface area contributed by atoms with Gasteiger partial charge in [-0.2, -0.15) is 86.4 Å². The molecule has 0 radical (unpaired) electrons. The molecular weight excluding hydrogens is 903 g/mol. The molecule has 0 saturated heterocycles. The van der Waals surface area contributed by atoms with Crippen molar-refractivity contribution in [2.45, 2.75) is 103 Å². The summed E-state index contributed by atoms with van der Waals surface area (Å²) in [7, 11) is -25.2. The van der Waals surface area contributed by atoms with Crippen LogP contribution in [0.4, 0.5) is 61.5 Å². The third-order valence-corrected chi connectivity index (χ3v) is 9.09. The molecule has 0 atom stereocenters. The molecule has 348 valence electrons. The Morgan fingerprint density at radius 1 is 0.446 bits per heavy atom. The first-order chi connectivity index (χ1) is 24.2. The molecule has 0 unspecified atom stereocenters. The number of halogens is 14. The predicted octanol–water partition coefficient (Wildman–Crippen LogP) is 6.12. The number of nitrogens with zero attached hydrogens (tertiary/aromatic N) is 2. The van der Waals surface area contributed by atoms with Crippen LogP contribution in [0.25, 0.3) is 0 Å². The van der Waals surface area contributed by atoms with E-state index in [0.29, 0.717) is 0 Å². The molecule has 32 heteroatoms. The summed E-state index contributed by atoms with van der Waals surface area (Å²) in [5.41, 5.74) is -27.1. The van der Waals surface area contributed by atoms with Crippen LogP contribution in [-0.4, -0.2) is 139 Å². The number of alkyl halides is 14. The zero-order valence-electron chi connectivity index (χ0n) is 31.5. The summed E-state index contributed by atoms with van der Waals surface area (Å²) in [4.78, 5) is 4.75. The summed E-state index contributed by atoms with van der Waals surface area (Å²) in [5.74, 6) is 0. The van der Waals surface area contributed by atoms with Crippen molar-refractivity contribution >= 4 is 40.5 Å². The fraction of sp³-hybridized carbons (Fsp3) is 1.00. The van der Waals surface area contributed by atoms with Gasteiger partial charge in [-0.3, -0.25) is 8.74 Å². The van der Waals surface area contributed by atoms with Gasteiger partial charge in [0.1, 0.15) is 17.9 Å². The van der Waals surface area contributed by atoms with Crippen molar-refractivity contribution in [2.24, 2.45) is 0 Å². The Hall–Kier alpha value is -1.42. The molecule has 0 aliphatic heterocycles. The highest BCUT2D eigenvalue weighted by Gasteiger charge is 2.57. The molecule has 0 spiro atoms. The first kappa shape index (κ1) is 66.4. The van der Waals surface area contributed by atoms with E-state index in [9.17, 15) is 86.7 Å². The summed E-state index contributed by atoms with van der Waals surface area (Å²) in [5, 5.41) is 8.03. The topological polar surface area (TPSA) is 202 Å². The van der Waals surface area contributed by atoms with Gasteiger partial charge < -0.3 is 14.9 Å². The molecule has 0 aromatic heterocycles. The summed E-state index contributed by atoms with van der Waals surface area (Å²) < 4.78 is 251. The van der Waals surface area contributed by atoms with Gasteiger partial charge in [-0.1, -0.05) is 41.5 Å². The lowest BCUT2D eigenvalue weighted by atomic mass is 10.2. The van der Waals surface area contributed by atoms with E-state index >= 15 is 0 Å². The minimum atomic E-state index is -6.85. The van der Waals surface area contributed by atoms with Crippen LogP contribution in [0.2, 0.25) is 0 Å². The van der Waals surface area contributed by atoms with Crippen molar-refractivity contribution in [3.63, 3.8) is 0 Å². The van der Waals surface area contributed by atoms with Crippen LogP contribution in [0.5, 0.6) is 0 Å². The fourth-order valence-corrected chi connectivity index (χ4v) is 3.95. The van der Waals surface area contributed by atoms with Crippen LogP contribution in [-0.2, 0) is 48.3 Å². The third-order valence-electron chi connectivity index (χ3n) is 4.94. The smallest absolute Gasteiger partial charge is 0.393 e. The molecule has 0 aliphatic rings. The molecule has 0 aromatic rings. The van der Waals surface area contributed by atoms with E-state index < -0.39 is 87.1 Å². The zero-order chi connectivity index (χ0) is 47.2. The van der Waals surface area contributed by atoms with Crippen molar-refractivity contribution < 1.29 is 113 Å². The van der Waals surface area contributed by atoms with Gasteiger partial charge in [-0.15, -0.1) is 3.63 Å². The molecule has 2 N–H and O–H groups in total. The largest absolute Gasteiger partial charge is 0.524 e. The van der Waals surface area contributed by atoms with Crippen LogP contribution in [0.15, 0.2) is 0 Å². The summed E-state index contributed by atoms with van der Waals surface area (Å²) >= 11 is 0. The summed E-state index contributed by atoms with van der Waals surface area (Å²) in [6.07, 6.45) is 0. The second-order valence-electron chi connectivity index (χ2n) is 10.8. The Balaban J connectivity index is -0.000000139. The molecule has 56 heavy (non-hydrogen) atoms. The molecule has 0 heterocycles. The molecule has 0 rings (SSSR count). The van der Waals surface area contributed by atoms with E-state index in [4.69, 9.17) is 18.1 Å². The SMILES string of the molecule is CC(C)(F)CO.CC(C)(F)COS(=O)(=O)C(F)(F)F.CCN(CC)CC.CCN(CC)CC.O=S(=O)(O)C(F)(F)F.O=S(=O)(OS(=O)(=O)C(F)(F)F)C(F)(F)F. The number of aliphatic hydroxyl groups is 1. The molecule has 0 bridgehead atoms. The van der Waals surface area contributed by atoms with E-state index in [2.05, 4.69) is 55.5 Å². The van der Waals surface area contributed by atoms with E-state index in [1.165, 1.54) is 53.1 Å². The van der Waals surface area contributed by atoms with Gasteiger partial charge in [-0.25, -0.2) is 8.78 Å². The first-order valence-corrected chi connectivity index (χ1v) is 20.6. The van der Waals surface area contributed by atoms with Crippen LogP contribution in [0.1, 0.15) is 69.2 Å². The number of hydrogen-bond acceptors (Lipinski definition) is 13. The number of hydrogen-bond donors (Lipinski definition) is 2. The molecule has 0 fully saturated rings. The Morgan fingerprint density at radius 3 is 0.732 bits per heavy atom. The standard InChI is InChI=1S/2C6H15N.C5H8F4O3S.C4H9FO.C2F6O5S2.CHF3O3S/c2*1-4-7(5-2)6-3;1-4(2,6)3-12-13(10,11)5(7,8)9;1-4(2,5)3-6;3-1(4,5)14(9,10)13-15(11,12)2(6,7)8;2-1(3,4)8(5,6)7/h2*4-6H2,1-3H3;3H2,1-2H3;6H,3H2,1-2H3;;(H,5,6,7). The number of aliphatic hydroxyl groups excluding tert-OH is 1. The second kappa shape index (κ2) is 26.6. The van der Waals surface area contributed by atoms with Crippen LogP contribution >= 0.6 is 0 Å². The highest BCUT2D eigenvalue weighted by atomic mass is 32.3. The third kappa shape index (κ3) is 35.7. The van der Waals surface area contributed by atoms with Crippen molar-refractivity contribution in [1.82, 2.24) is 9.80 Å². The van der Waals surface area contributed by atoms with Crippen molar-refractivity contribution in [3.05, 3.63) is 0 Å². The van der Waals surface area contributed by atoms with Crippen LogP contribution in [0, 0.1) is 0 Å². The Morgan fingerprint density at radius 2 is 0.643 bits per heavy atom. The van der Waals surface area contributed by atoms with E-state index in [0.717, 1.165) is 13.8 Å². The monoisotopic (exact) mass is 950 g/mol. The van der Waals surface area contributed by atoms with Crippen LogP contribution < -0.4 is 0 Å². The Labute approximate surface area is 317 Å². The Kier molecular flexibility index (Phi) is 31.6. The van der Waals surface area contributed by atoms with Gasteiger partial charge in [-0.05, 0) is 67.0 Å². The lowest BCUT2D eigenvalue weighted by Gasteiger charge is -2.14. The highest BCUT2D eigenvalue weighted by molar-refractivity contribution is 8.00. The van der Waals surface area contributed by atoms with E-state index in [1.807, 2.05) is 3.63 Å². The maximum absolute atomic E-state index is 12.6. The van der Waals surface area contributed by atoms with Gasteiger partial charge in [0.05, 0.1) is 6.61 Å². The predicted molar refractivity (Wildman–Crippen MR) is 174 cm³/mol. The van der Waals surface area contributed by atoms with E-state index in [1.54, 1.807) is 0 Å². The molecule has 0 aliphatic carbocycles. The van der Waals surface area contributed by atoms with E-state index in [-0.39, 0.29) is 0 Å². The average molecular weight is 951 g/mol. The van der Waals surface area contributed by atoms with Gasteiger partial charge >= 0.3 is 62.5 Å². The van der Waals surface area contributed by atoms with Crippen molar-refractivity contribution in [2.75, 3.05) is 52.5 Å². The van der Waals surface area contributed by atoms with Crippen molar-refractivity contribution in [3.8, 4) is 0 Å². The zero-order valence-corrected chi connectivity index (χ0v) is 34.7. The fourth-order valence-electron chi connectivity index (χ4n) is 1.82. The second-order valence-corrected chi connectivity index (χ2v) is 17.1. The summed E-state index contributed by atoms with van der Waals surface area (Å²) in [6.45, 7) is 23.2. The maximum atomic E-state index is 12.6. The summed E-state index contributed by atoms with van der Waals surface area (Å²) in [6, 6.07) is 0. The normalized spacial score (nSPS) is 13.4. The van der Waals surface area contributed by atoms with Crippen LogP contribution in [0.3, 0.4) is 0 Å².